The molecule has 6 heterocycles. The molecule has 20 nitrogen and oxygen atoms in total. The Hall–Kier alpha value is -10.1. The Morgan fingerprint density at radius 2 is 0.656 bits per heavy atom. The van der Waals surface area contributed by atoms with Crippen LogP contribution in [-0.2, 0) is 40.8 Å². The standard InChI is InChI=1S/C29H40N2O3.C28H38N2O3.C28H40N2O3.C26H36N2O3/c1-29(2,3)24-11-9-22(10-12-24)23(8-7-17-31-15-5-4-6-16-31)20-28(32)30-25-13-14-26-27(21-25)34-19-18-33-26;1-5-30-14-12-21(13-15-30)24(20-6-8-22(9-7-20)28(2,3)4)19-27(31)29-23-10-11-25-26(18-23)33-17-16-32-25;1-6-30(7-2)16-8-9-22(21-10-12-23(13-11-21)28(3,4)5)19-27(31)29-24-14-15-25-26(20-24)33-18-17-32-25;1-5-27-14-6-7-20(19-8-10-21(11-9-19)26(2,3)4)17-25(29)28-22-12-13-23-24(18-22)31-16-15-30-23/h9-14,21,23H,4-8,15-20H2,1-3H3,(H,30,32);6-11,18,21,24H,5,12-17,19H2,1-4H3,(H,29,31);10-15,20,22H,6-9,16-19H2,1-5H3,(H,29,31);8-13,18,20,27H,5-7,14-17H2,1-4H3,(H,28,29). The van der Waals surface area contributed by atoms with Crippen LogP contribution < -0.4 is 64.5 Å². The Morgan fingerprint density at radius 1 is 0.351 bits per heavy atom. The van der Waals surface area contributed by atoms with Crippen LogP contribution in [0, 0.1) is 5.92 Å². The molecule has 2 fully saturated rings. The van der Waals surface area contributed by atoms with Gasteiger partial charge in [0.25, 0.3) is 0 Å². The maximum atomic E-state index is 13.2. The average molecular weight is 1790 g/mol. The molecule has 131 heavy (non-hydrogen) atoms. The Bertz CT molecular complexity index is 4850. The molecule has 4 amide bonds. The summed E-state index contributed by atoms with van der Waals surface area (Å²) < 4.78 is 44.9. The zero-order chi connectivity index (χ0) is 93.5. The van der Waals surface area contributed by atoms with Crippen LogP contribution in [0.5, 0.6) is 46.0 Å². The molecule has 5 N–H and O–H groups in total. The zero-order valence-corrected chi connectivity index (χ0v) is 81.8. The van der Waals surface area contributed by atoms with Gasteiger partial charge in [0, 0.05) is 72.7 Å². The fraction of sp³-hybridized carbons (Fsp3) is 0.532. The van der Waals surface area contributed by atoms with Crippen LogP contribution in [0.2, 0.25) is 0 Å². The van der Waals surface area contributed by atoms with Gasteiger partial charge < -0.3 is 79.2 Å². The predicted octanol–water partition coefficient (Wildman–Crippen LogP) is 23.0. The third-order valence-corrected chi connectivity index (χ3v) is 26.2. The number of anilines is 4. The van der Waals surface area contributed by atoms with Crippen molar-refractivity contribution in [2.45, 2.75) is 252 Å². The van der Waals surface area contributed by atoms with Gasteiger partial charge in [-0.05, 0) is 280 Å². The SMILES string of the molecule is CC(C)(C)c1ccc(C(CCCN2CCCCC2)CC(=O)Nc2ccc3c(c2)OCCO3)cc1.CCN(CC)CCCC(CC(=O)Nc1ccc2c(c1)OCCO2)c1ccc(C(C)(C)C)cc1.CCN1CCC(C(CC(=O)Nc2ccc3c(c2)OCCO3)c2ccc(C(C)(C)C)cc2)CC1.CCNCCCC(CC(=O)Nc1ccc2c(c1)OCCO2)c1ccc(C(C)(C)C)cc1. The average Bonchev–Trinajstić information content (AvgIpc) is 0.816. The summed E-state index contributed by atoms with van der Waals surface area (Å²) in [4.78, 5) is 59.6. The van der Waals surface area contributed by atoms with Gasteiger partial charge in [0.05, 0.1) is 0 Å². The van der Waals surface area contributed by atoms with Gasteiger partial charge in [-0.25, -0.2) is 0 Å². The van der Waals surface area contributed by atoms with Crippen LogP contribution in [-0.4, -0.2) is 163 Å². The molecule has 6 aliphatic rings. The lowest BCUT2D eigenvalue weighted by Crippen LogP contribution is -2.36. The molecule has 14 rings (SSSR count). The minimum Gasteiger partial charge on any atom is -0.486 e. The van der Waals surface area contributed by atoms with Crippen molar-refractivity contribution in [3.8, 4) is 46.0 Å². The first kappa shape index (κ1) is 101. The highest BCUT2D eigenvalue weighted by Crippen LogP contribution is 2.42. The first-order chi connectivity index (χ1) is 62.9. The summed E-state index contributed by atoms with van der Waals surface area (Å²) in [5, 5.41) is 15.7. The minimum atomic E-state index is 0.0185. The molecule has 0 spiro atoms. The number of likely N-dealkylation sites (tertiary alicyclic amines) is 2. The van der Waals surface area contributed by atoms with Crippen LogP contribution in [0.4, 0.5) is 22.7 Å². The highest BCUT2D eigenvalue weighted by Gasteiger charge is 2.32. The molecule has 0 aromatic heterocycles. The number of rotatable bonds is 33. The molecule has 0 aliphatic carbocycles. The number of fused-ring (bicyclic) bond motifs is 4. The normalized spacial score (nSPS) is 16.0. The summed E-state index contributed by atoms with van der Waals surface area (Å²) in [6, 6.07) is 57.9. The molecule has 2 saturated heterocycles. The van der Waals surface area contributed by atoms with E-state index in [2.05, 4.69) is 249 Å². The second-order valence-corrected chi connectivity index (χ2v) is 40.1. The molecule has 8 aromatic rings. The monoisotopic (exact) mass is 1790 g/mol. The van der Waals surface area contributed by atoms with E-state index in [4.69, 9.17) is 37.9 Å². The van der Waals surface area contributed by atoms with Crippen molar-refractivity contribution in [3.05, 3.63) is 214 Å². The fourth-order valence-corrected chi connectivity index (χ4v) is 18.1. The summed E-state index contributed by atoms with van der Waals surface area (Å²) in [6.45, 7) is 51.9. The van der Waals surface area contributed by atoms with Crippen molar-refractivity contribution in [1.82, 2.24) is 20.0 Å². The van der Waals surface area contributed by atoms with E-state index in [-0.39, 0.29) is 69.0 Å². The van der Waals surface area contributed by atoms with Crippen molar-refractivity contribution < 1.29 is 57.1 Å². The van der Waals surface area contributed by atoms with Crippen LogP contribution in [0.15, 0.2) is 170 Å². The van der Waals surface area contributed by atoms with E-state index in [1.165, 1.54) is 76.9 Å². The molecule has 710 valence electrons. The van der Waals surface area contributed by atoms with E-state index in [9.17, 15) is 19.2 Å². The Kier molecular flexibility index (Phi) is 38.4. The topological polar surface area (TPSA) is 212 Å². The Morgan fingerprint density at radius 3 is 0.969 bits per heavy atom. The number of amides is 4. The summed E-state index contributed by atoms with van der Waals surface area (Å²) >= 11 is 0. The molecule has 0 bridgehead atoms. The number of hydrogen-bond acceptors (Lipinski definition) is 16. The zero-order valence-electron chi connectivity index (χ0n) is 81.8. The molecular weight excluding hydrogens is 1640 g/mol. The number of carbonyl (C=O) groups excluding carboxylic acids is 4. The van der Waals surface area contributed by atoms with E-state index in [0.29, 0.717) is 107 Å². The lowest BCUT2D eigenvalue weighted by atomic mass is 9.77. The van der Waals surface area contributed by atoms with E-state index >= 15 is 0 Å². The maximum Gasteiger partial charge on any atom is 0.224 e. The Labute approximate surface area is 783 Å². The number of benzene rings is 8. The summed E-state index contributed by atoms with van der Waals surface area (Å²) in [7, 11) is 0. The second-order valence-electron chi connectivity index (χ2n) is 40.1. The van der Waals surface area contributed by atoms with Crippen molar-refractivity contribution >= 4 is 46.4 Å². The highest BCUT2D eigenvalue weighted by molar-refractivity contribution is 5.94. The van der Waals surface area contributed by atoms with Crippen molar-refractivity contribution in [2.24, 2.45) is 5.92 Å². The maximum absolute atomic E-state index is 13.2. The van der Waals surface area contributed by atoms with Gasteiger partial charge >= 0.3 is 0 Å². The van der Waals surface area contributed by atoms with Crippen molar-refractivity contribution in [1.29, 1.82) is 0 Å². The van der Waals surface area contributed by atoms with Crippen LogP contribution in [0.3, 0.4) is 0 Å². The van der Waals surface area contributed by atoms with Gasteiger partial charge in [-0.3, -0.25) is 19.2 Å². The molecule has 4 atom stereocenters. The van der Waals surface area contributed by atoms with Crippen molar-refractivity contribution in [3.63, 3.8) is 0 Å². The van der Waals surface area contributed by atoms with Gasteiger partial charge in [-0.1, -0.05) is 214 Å². The van der Waals surface area contributed by atoms with Crippen molar-refractivity contribution in [2.75, 3.05) is 146 Å². The quantitative estimate of drug-likeness (QED) is 0.0242. The molecule has 20 heteroatoms. The number of piperidine rings is 2. The number of hydrogen-bond donors (Lipinski definition) is 5. The number of carbonyl (C=O) groups is 4. The van der Waals surface area contributed by atoms with Gasteiger partial charge in [-0.2, -0.15) is 0 Å². The van der Waals surface area contributed by atoms with Gasteiger partial charge in [0.2, 0.25) is 23.6 Å². The first-order valence-electron chi connectivity index (χ1n) is 49.0. The fourth-order valence-electron chi connectivity index (χ4n) is 18.1. The predicted molar refractivity (Wildman–Crippen MR) is 533 cm³/mol. The van der Waals surface area contributed by atoms with Gasteiger partial charge in [0.15, 0.2) is 46.0 Å². The summed E-state index contributed by atoms with van der Waals surface area (Å²) in [5.74, 6) is 7.13. The molecule has 0 radical (unpaired) electrons. The smallest absolute Gasteiger partial charge is 0.224 e. The third-order valence-electron chi connectivity index (χ3n) is 26.2. The minimum absolute atomic E-state index is 0.0185. The summed E-state index contributed by atoms with van der Waals surface area (Å²) in [6.07, 6.45) is 14.3. The van der Waals surface area contributed by atoms with E-state index in [1.807, 2.05) is 72.8 Å². The number of ether oxygens (including phenoxy) is 8. The largest absolute Gasteiger partial charge is 0.486 e. The number of nitrogens with one attached hydrogen (secondary N) is 5. The van der Waals surface area contributed by atoms with E-state index < -0.39 is 0 Å². The number of nitrogens with zero attached hydrogens (tertiary/aromatic N) is 3. The van der Waals surface area contributed by atoms with Gasteiger partial charge in [-0.15, -0.1) is 0 Å². The summed E-state index contributed by atoms with van der Waals surface area (Å²) in [5.41, 5.74) is 13.7. The molecule has 6 aliphatic heterocycles. The lowest BCUT2D eigenvalue weighted by molar-refractivity contribution is -0.117. The molecule has 4 unspecified atom stereocenters. The first-order valence-corrected chi connectivity index (χ1v) is 49.0. The van der Waals surface area contributed by atoms with Gasteiger partial charge in [0.1, 0.15) is 52.9 Å². The third kappa shape index (κ3) is 32.1. The highest BCUT2D eigenvalue weighted by atomic mass is 16.6. The second kappa shape index (κ2) is 49.6. The van der Waals surface area contributed by atoms with Crippen LogP contribution in [0.25, 0.3) is 0 Å². The van der Waals surface area contributed by atoms with Crippen LogP contribution >= 0.6 is 0 Å². The lowest BCUT2D eigenvalue weighted by Gasteiger charge is -2.36. The molecular formula is C111H154N8O12. The Balaban J connectivity index is 0.000000169. The molecule has 8 aromatic carbocycles. The van der Waals surface area contributed by atoms with Crippen LogP contribution in [0.1, 0.15) is 275 Å². The van der Waals surface area contributed by atoms with E-state index in [0.717, 1.165) is 156 Å². The van der Waals surface area contributed by atoms with E-state index in [1.54, 1.807) is 0 Å². The molecule has 0 saturated carbocycles.